The first-order valence-corrected chi connectivity index (χ1v) is 10.4. The van der Waals surface area contributed by atoms with E-state index >= 15 is 0 Å². The fraction of sp³-hybridized carbons (Fsp3) is 0.167. The molecule has 0 saturated carbocycles. The number of aliphatic hydroxyl groups is 1. The molecule has 162 valence electrons. The third-order valence-corrected chi connectivity index (χ3v) is 5.43. The molecule has 1 N–H and O–H groups in total. The Morgan fingerprint density at radius 2 is 1.91 bits per heavy atom. The number of ketones is 1. The van der Waals surface area contributed by atoms with Crippen molar-refractivity contribution in [3.8, 4) is 5.75 Å². The molecule has 0 bridgehead atoms. The number of nitrogens with zero attached hydrogens (tertiary/aromatic N) is 3. The summed E-state index contributed by atoms with van der Waals surface area (Å²) in [5, 5.41) is 11.5. The van der Waals surface area contributed by atoms with Gasteiger partial charge in [-0.3, -0.25) is 19.6 Å². The van der Waals surface area contributed by atoms with Gasteiger partial charge < -0.3 is 14.7 Å². The molecule has 0 radical (unpaired) electrons. The molecule has 1 fully saturated rings. The van der Waals surface area contributed by atoms with Gasteiger partial charge in [0.25, 0.3) is 11.7 Å². The first-order chi connectivity index (χ1) is 15.5. The van der Waals surface area contributed by atoms with Crippen LogP contribution in [0, 0.1) is 0 Å². The van der Waals surface area contributed by atoms with E-state index in [-0.39, 0.29) is 17.9 Å². The summed E-state index contributed by atoms with van der Waals surface area (Å²) in [5.74, 6) is -1.43. The molecule has 32 heavy (non-hydrogen) atoms. The van der Waals surface area contributed by atoms with Crippen LogP contribution in [0.5, 0.6) is 5.75 Å². The quantitative estimate of drug-likeness (QED) is 0.345. The molecule has 2 aromatic heterocycles. The van der Waals surface area contributed by atoms with Crippen molar-refractivity contribution >= 4 is 29.1 Å². The smallest absolute Gasteiger partial charge is 0.296 e. The Hall–Kier alpha value is -3.71. The summed E-state index contributed by atoms with van der Waals surface area (Å²) >= 11 is 6.16. The predicted molar refractivity (Wildman–Crippen MR) is 119 cm³/mol. The fourth-order valence-electron chi connectivity index (χ4n) is 3.65. The van der Waals surface area contributed by atoms with Gasteiger partial charge in [-0.1, -0.05) is 17.7 Å². The van der Waals surface area contributed by atoms with Crippen LogP contribution in [0.4, 0.5) is 0 Å². The van der Waals surface area contributed by atoms with Gasteiger partial charge in [0.15, 0.2) is 0 Å². The highest BCUT2D eigenvalue weighted by Crippen LogP contribution is 2.40. The number of halogens is 1. The Morgan fingerprint density at radius 3 is 2.59 bits per heavy atom. The molecule has 3 aromatic rings. The maximum absolute atomic E-state index is 13.1. The lowest BCUT2D eigenvalue weighted by atomic mass is 9.98. The Kier molecular flexibility index (Phi) is 6.18. The van der Waals surface area contributed by atoms with Crippen molar-refractivity contribution in [3.05, 3.63) is 94.5 Å². The van der Waals surface area contributed by atoms with Crippen LogP contribution in [-0.2, 0) is 16.1 Å². The first kappa shape index (κ1) is 21.5. The Bertz CT molecular complexity index is 1180. The number of amides is 1. The second kappa shape index (κ2) is 9.20. The highest BCUT2D eigenvalue weighted by Gasteiger charge is 2.46. The van der Waals surface area contributed by atoms with Crippen LogP contribution < -0.4 is 4.74 Å². The van der Waals surface area contributed by atoms with Crippen LogP contribution in [0.3, 0.4) is 0 Å². The molecule has 1 amide bonds. The summed E-state index contributed by atoms with van der Waals surface area (Å²) in [5.41, 5.74) is 1.56. The Labute approximate surface area is 190 Å². The van der Waals surface area contributed by atoms with Gasteiger partial charge in [0.05, 0.1) is 22.9 Å². The standard InChI is InChI=1S/C24H20ClN3O4/c1-2-32-19-13-16(6-7-17(19)25)22(29)20-21(18-5-3-4-10-27-18)28(24(31)23(20)30)14-15-8-11-26-12-9-15/h3-13,21,29H,2,14H2,1H3/b22-20-. The van der Waals surface area contributed by atoms with E-state index in [1.54, 1.807) is 67.1 Å². The molecule has 8 heteroatoms. The molecular formula is C24H20ClN3O4. The van der Waals surface area contributed by atoms with Crippen LogP contribution in [0.1, 0.15) is 29.8 Å². The normalized spacial score (nSPS) is 17.6. The number of benzene rings is 1. The van der Waals surface area contributed by atoms with E-state index in [9.17, 15) is 14.7 Å². The number of hydrogen-bond donors (Lipinski definition) is 1. The molecule has 0 spiro atoms. The average Bonchev–Trinajstić information content (AvgIpc) is 3.06. The zero-order chi connectivity index (χ0) is 22.7. The van der Waals surface area contributed by atoms with Gasteiger partial charge in [0.2, 0.25) is 0 Å². The summed E-state index contributed by atoms with van der Waals surface area (Å²) in [7, 11) is 0. The minimum atomic E-state index is -0.851. The van der Waals surface area contributed by atoms with Crippen molar-refractivity contribution in [1.82, 2.24) is 14.9 Å². The number of hydrogen-bond acceptors (Lipinski definition) is 6. The Morgan fingerprint density at radius 1 is 1.12 bits per heavy atom. The molecule has 4 rings (SSSR count). The van der Waals surface area contributed by atoms with Crippen LogP contribution >= 0.6 is 11.6 Å². The average molecular weight is 450 g/mol. The van der Waals surface area contributed by atoms with E-state index in [1.807, 2.05) is 6.92 Å². The van der Waals surface area contributed by atoms with E-state index in [4.69, 9.17) is 16.3 Å². The van der Waals surface area contributed by atoms with E-state index in [0.717, 1.165) is 5.56 Å². The van der Waals surface area contributed by atoms with Gasteiger partial charge in [-0.05, 0) is 55.0 Å². The fourth-order valence-corrected chi connectivity index (χ4v) is 3.82. The predicted octanol–water partition coefficient (Wildman–Crippen LogP) is 4.15. The molecule has 0 aliphatic carbocycles. The van der Waals surface area contributed by atoms with E-state index in [2.05, 4.69) is 9.97 Å². The number of pyridine rings is 2. The number of likely N-dealkylation sites (tertiary alicyclic amines) is 1. The van der Waals surface area contributed by atoms with Gasteiger partial charge in [-0.15, -0.1) is 0 Å². The monoisotopic (exact) mass is 449 g/mol. The third-order valence-electron chi connectivity index (χ3n) is 5.11. The molecule has 1 aliphatic heterocycles. The molecule has 1 unspecified atom stereocenters. The summed E-state index contributed by atoms with van der Waals surface area (Å²) < 4.78 is 5.50. The second-order valence-corrected chi connectivity index (χ2v) is 7.52. The van der Waals surface area contributed by atoms with Crippen molar-refractivity contribution in [3.63, 3.8) is 0 Å². The maximum atomic E-state index is 13.1. The van der Waals surface area contributed by atoms with Crippen molar-refractivity contribution in [2.75, 3.05) is 6.61 Å². The van der Waals surface area contributed by atoms with Crippen LogP contribution in [0.2, 0.25) is 5.02 Å². The minimum Gasteiger partial charge on any atom is -0.507 e. The zero-order valence-electron chi connectivity index (χ0n) is 17.2. The highest BCUT2D eigenvalue weighted by molar-refractivity contribution is 6.46. The van der Waals surface area contributed by atoms with Crippen molar-refractivity contribution < 1.29 is 19.4 Å². The van der Waals surface area contributed by atoms with Gasteiger partial charge in [0, 0.05) is 30.7 Å². The lowest BCUT2D eigenvalue weighted by Gasteiger charge is -2.24. The summed E-state index contributed by atoms with van der Waals surface area (Å²) in [6.45, 7) is 2.36. The van der Waals surface area contributed by atoms with Gasteiger partial charge >= 0.3 is 0 Å². The Balaban J connectivity index is 1.85. The minimum absolute atomic E-state index is 0.0347. The molecule has 1 atom stereocenters. The van der Waals surface area contributed by atoms with Crippen molar-refractivity contribution in [2.24, 2.45) is 0 Å². The number of carbonyl (C=O) groups is 2. The largest absolute Gasteiger partial charge is 0.507 e. The molecule has 1 aromatic carbocycles. The summed E-state index contributed by atoms with van der Waals surface area (Å²) in [6, 6.07) is 12.6. The third kappa shape index (κ3) is 4.07. The number of ether oxygens (including phenoxy) is 1. The SMILES string of the molecule is CCOc1cc(/C(O)=C2/C(=O)C(=O)N(Cc3ccncc3)C2c2ccccn2)ccc1Cl. The molecule has 7 nitrogen and oxygen atoms in total. The van der Waals surface area contributed by atoms with Crippen molar-refractivity contribution in [1.29, 1.82) is 0 Å². The first-order valence-electron chi connectivity index (χ1n) is 10.0. The molecule has 1 saturated heterocycles. The number of aromatic nitrogens is 2. The van der Waals surface area contributed by atoms with Crippen molar-refractivity contribution in [2.45, 2.75) is 19.5 Å². The topological polar surface area (TPSA) is 92.6 Å². The molecular weight excluding hydrogens is 430 g/mol. The lowest BCUT2D eigenvalue weighted by Crippen LogP contribution is -2.29. The number of aliphatic hydroxyl groups excluding tert-OH is 1. The summed E-state index contributed by atoms with van der Waals surface area (Å²) in [6.07, 6.45) is 4.81. The number of carbonyl (C=O) groups excluding carboxylic acids is 2. The van der Waals surface area contributed by atoms with Gasteiger partial charge in [0.1, 0.15) is 17.6 Å². The van der Waals surface area contributed by atoms with E-state index in [1.165, 1.54) is 4.90 Å². The number of Topliss-reactive ketones (excluding diaryl/α,β-unsaturated/α-hetero) is 1. The maximum Gasteiger partial charge on any atom is 0.296 e. The van der Waals surface area contributed by atoms with E-state index in [0.29, 0.717) is 28.6 Å². The van der Waals surface area contributed by atoms with Gasteiger partial charge in [-0.2, -0.15) is 0 Å². The van der Waals surface area contributed by atoms with Crippen LogP contribution in [-0.4, -0.2) is 38.3 Å². The summed E-state index contributed by atoms with van der Waals surface area (Å²) in [4.78, 5) is 35.8. The van der Waals surface area contributed by atoms with Crippen LogP contribution in [0.25, 0.3) is 5.76 Å². The lowest BCUT2D eigenvalue weighted by molar-refractivity contribution is -0.140. The number of rotatable bonds is 6. The molecule has 3 heterocycles. The van der Waals surface area contributed by atoms with E-state index < -0.39 is 17.7 Å². The second-order valence-electron chi connectivity index (χ2n) is 7.12. The highest BCUT2D eigenvalue weighted by atomic mass is 35.5. The molecule has 1 aliphatic rings. The zero-order valence-corrected chi connectivity index (χ0v) is 18.0. The van der Waals surface area contributed by atoms with Gasteiger partial charge in [-0.25, -0.2) is 0 Å². The van der Waals surface area contributed by atoms with Crippen LogP contribution in [0.15, 0.2) is 72.7 Å².